The van der Waals surface area contributed by atoms with Gasteiger partial charge in [-0.3, -0.25) is 9.59 Å². The Labute approximate surface area is 167 Å². The summed E-state index contributed by atoms with van der Waals surface area (Å²) < 4.78 is 6.19. The number of carbonyl (C=O) groups excluding carboxylic acids is 2. The molecular weight excluding hydrogens is 354 g/mol. The molecule has 2 N–H and O–H groups in total. The Morgan fingerprint density at radius 3 is 2.79 bits per heavy atom. The van der Waals surface area contributed by atoms with E-state index >= 15 is 0 Å². The standard InChI is InChI=1S/C22H31N3O3/c1-14-21(13-28-18-4-3-17-12-24-22(27)20(17)11-18)19(5-8-23-14)16-6-9-25(10-7-16)15(2)26/h3-4,11,14,16,19,21,23H,5-10,12-13H2,1-2H3,(H,24,27)/t14-,19+,21-/m1/s1. The van der Waals surface area contributed by atoms with Crippen molar-refractivity contribution in [3.63, 3.8) is 0 Å². The van der Waals surface area contributed by atoms with Crippen LogP contribution in [0.1, 0.15) is 49.0 Å². The maximum absolute atomic E-state index is 11.9. The summed E-state index contributed by atoms with van der Waals surface area (Å²) in [6.45, 7) is 8.00. The Kier molecular flexibility index (Phi) is 5.58. The van der Waals surface area contributed by atoms with Gasteiger partial charge in [-0.05, 0) is 62.3 Å². The number of nitrogens with one attached hydrogen (secondary N) is 2. The van der Waals surface area contributed by atoms with E-state index in [1.807, 2.05) is 23.1 Å². The van der Waals surface area contributed by atoms with Crippen molar-refractivity contribution in [2.75, 3.05) is 26.2 Å². The van der Waals surface area contributed by atoms with Gasteiger partial charge in [0.15, 0.2) is 0 Å². The molecular formula is C22H31N3O3. The molecule has 3 heterocycles. The molecule has 1 aromatic rings. The van der Waals surface area contributed by atoms with E-state index in [9.17, 15) is 9.59 Å². The molecule has 3 atom stereocenters. The van der Waals surface area contributed by atoms with Crippen molar-refractivity contribution < 1.29 is 14.3 Å². The highest BCUT2D eigenvalue weighted by Crippen LogP contribution is 2.37. The van der Waals surface area contributed by atoms with Gasteiger partial charge < -0.3 is 20.3 Å². The summed E-state index contributed by atoms with van der Waals surface area (Å²) in [5.41, 5.74) is 1.78. The molecule has 4 rings (SSSR count). The quantitative estimate of drug-likeness (QED) is 0.834. The Morgan fingerprint density at radius 2 is 2.04 bits per heavy atom. The number of benzene rings is 1. The summed E-state index contributed by atoms with van der Waals surface area (Å²) >= 11 is 0. The fourth-order valence-electron chi connectivity index (χ4n) is 5.18. The van der Waals surface area contributed by atoms with Gasteiger partial charge in [0, 0.05) is 44.1 Å². The average molecular weight is 386 g/mol. The zero-order valence-corrected chi connectivity index (χ0v) is 16.9. The zero-order chi connectivity index (χ0) is 19.7. The van der Waals surface area contributed by atoms with Crippen molar-refractivity contribution in [3.8, 4) is 5.75 Å². The number of amides is 2. The van der Waals surface area contributed by atoms with Crippen LogP contribution >= 0.6 is 0 Å². The van der Waals surface area contributed by atoms with Crippen LogP contribution in [0.4, 0.5) is 0 Å². The van der Waals surface area contributed by atoms with E-state index in [0.29, 0.717) is 36.9 Å². The van der Waals surface area contributed by atoms with Crippen LogP contribution in [0.25, 0.3) is 0 Å². The Hall–Kier alpha value is -2.08. The van der Waals surface area contributed by atoms with Crippen molar-refractivity contribution in [1.82, 2.24) is 15.5 Å². The van der Waals surface area contributed by atoms with Crippen LogP contribution in [0, 0.1) is 17.8 Å². The molecule has 152 valence electrons. The first kappa shape index (κ1) is 19.2. The van der Waals surface area contributed by atoms with Crippen molar-refractivity contribution in [3.05, 3.63) is 29.3 Å². The number of likely N-dealkylation sites (tertiary alicyclic amines) is 1. The maximum atomic E-state index is 11.9. The van der Waals surface area contributed by atoms with Crippen molar-refractivity contribution in [1.29, 1.82) is 0 Å². The molecule has 3 aliphatic rings. The first-order valence-electron chi connectivity index (χ1n) is 10.6. The molecule has 2 amide bonds. The lowest BCUT2D eigenvalue weighted by Crippen LogP contribution is -2.50. The molecule has 1 aromatic carbocycles. The van der Waals surface area contributed by atoms with Crippen LogP contribution in [-0.4, -0.2) is 49.0 Å². The van der Waals surface area contributed by atoms with Gasteiger partial charge >= 0.3 is 0 Å². The Morgan fingerprint density at radius 1 is 1.25 bits per heavy atom. The van der Waals surface area contributed by atoms with E-state index < -0.39 is 0 Å². The van der Waals surface area contributed by atoms with E-state index in [0.717, 1.165) is 55.8 Å². The van der Waals surface area contributed by atoms with Gasteiger partial charge in [-0.25, -0.2) is 0 Å². The second-order valence-electron chi connectivity index (χ2n) is 8.52. The number of carbonyl (C=O) groups is 2. The summed E-state index contributed by atoms with van der Waals surface area (Å²) in [4.78, 5) is 25.5. The summed E-state index contributed by atoms with van der Waals surface area (Å²) in [6.07, 6.45) is 3.34. The lowest BCUT2D eigenvalue weighted by Gasteiger charge is -2.44. The van der Waals surface area contributed by atoms with E-state index in [1.165, 1.54) is 0 Å². The SMILES string of the molecule is CC(=O)N1CCC([C@@H]2CCN[C@H](C)[C@H]2COc2ccc3c(c2)C(=O)NC3)CC1. The largest absolute Gasteiger partial charge is 0.493 e. The molecule has 6 heteroatoms. The van der Waals surface area contributed by atoms with Crippen LogP contribution < -0.4 is 15.4 Å². The average Bonchev–Trinajstić information content (AvgIpc) is 3.07. The first-order valence-corrected chi connectivity index (χ1v) is 10.6. The van der Waals surface area contributed by atoms with Crippen LogP contribution in [0.5, 0.6) is 5.75 Å². The van der Waals surface area contributed by atoms with Gasteiger partial charge in [-0.2, -0.15) is 0 Å². The molecule has 6 nitrogen and oxygen atoms in total. The minimum Gasteiger partial charge on any atom is -0.493 e. The first-order chi connectivity index (χ1) is 13.5. The monoisotopic (exact) mass is 385 g/mol. The van der Waals surface area contributed by atoms with Gasteiger partial charge in [0.25, 0.3) is 5.91 Å². The molecule has 3 aliphatic heterocycles. The Bertz CT molecular complexity index is 743. The number of nitrogens with zero attached hydrogens (tertiary/aromatic N) is 1. The predicted molar refractivity (Wildman–Crippen MR) is 107 cm³/mol. The molecule has 0 saturated carbocycles. The van der Waals surface area contributed by atoms with Crippen molar-refractivity contribution >= 4 is 11.8 Å². The minimum atomic E-state index is -0.0109. The molecule has 28 heavy (non-hydrogen) atoms. The van der Waals surface area contributed by atoms with Gasteiger partial charge in [0.05, 0.1) is 6.61 Å². The van der Waals surface area contributed by atoms with Crippen LogP contribution in [0.3, 0.4) is 0 Å². The van der Waals surface area contributed by atoms with Crippen molar-refractivity contribution in [2.45, 2.75) is 45.7 Å². The predicted octanol–water partition coefficient (Wildman–Crippen LogP) is 2.18. The number of rotatable bonds is 4. The lowest BCUT2D eigenvalue weighted by molar-refractivity contribution is -0.130. The summed E-state index contributed by atoms with van der Waals surface area (Å²) in [7, 11) is 0. The summed E-state index contributed by atoms with van der Waals surface area (Å²) in [5, 5.41) is 6.46. The second-order valence-corrected chi connectivity index (χ2v) is 8.52. The van der Waals surface area contributed by atoms with Gasteiger partial charge in [-0.15, -0.1) is 0 Å². The molecule has 0 spiro atoms. The number of ether oxygens (including phenoxy) is 1. The number of fused-ring (bicyclic) bond motifs is 1. The summed E-state index contributed by atoms with van der Waals surface area (Å²) in [5.74, 6) is 2.66. The van der Waals surface area contributed by atoms with Gasteiger partial charge in [-0.1, -0.05) is 6.07 Å². The third kappa shape index (κ3) is 3.88. The smallest absolute Gasteiger partial charge is 0.252 e. The van der Waals surface area contributed by atoms with Crippen molar-refractivity contribution in [2.24, 2.45) is 17.8 Å². The number of hydrogen-bond acceptors (Lipinski definition) is 4. The second kappa shape index (κ2) is 8.11. The third-order valence-electron chi connectivity index (χ3n) is 6.93. The highest BCUT2D eigenvalue weighted by molar-refractivity contribution is 5.98. The van der Waals surface area contributed by atoms with E-state index in [2.05, 4.69) is 17.6 Å². The number of piperidine rings is 2. The molecule has 0 aliphatic carbocycles. The molecule has 2 fully saturated rings. The van der Waals surface area contributed by atoms with E-state index in [-0.39, 0.29) is 11.8 Å². The lowest BCUT2D eigenvalue weighted by atomic mass is 9.71. The fourth-order valence-corrected chi connectivity index (χ4v) is 5.18. The molecule has 0 bridgehead atoms. The molecule has 0 aromatic heterocycles. The van der Waals surface area contributed by atoms with E-state index in [1.54, 1.807) is 6.92 Å². The van der Waals surface area contributed by atoms with Crippen LogP contribution in [0.15, 0.2) is 18.2 Å². The van der Waals surface area contributed by atoms with Crippen LogP contribution in [-0.2, 0) is 11.3 Å². The molecule has 2 saturated heterocycles. The zero-order valence-electron chi connectivity index (χ0n) is 16.9. The normalized spacial score (nSPS) is 28.0. The van der Waals surface area contributed by atoms with Crippen LogP contribution in [0.2, 0.25) is 0 Å². The van der Waals surface area contributed by atoms with E-state index in [4.69, 9.17) is 4.74 Å². The maximum Gasteiger partial charge on any atom is 0.252 e. The minimum absolute atomic E-state index is 0.0109. The number of hydrogen-bond donors (Lipinski definition) is 2. The Balaban J connectivity index is 1.41. The highest BCUT2D eigenvalue weighted by Gasteiger charge is 2.37. The molecule has 0 radical (unpaired) electrons. The topological polar surface area (TPSA) is 70.7 Å². The molecule has 0 unspecified atom stereocenters. The summed E-state index contributed by atoms with van der Waals surface area (Å²) in [6, 6.07) is 6.24. The van der Waals surface area contributed by atoms with Gasteiger partial charge in [0.2, 0.25) is 5.91 Å². The van der Waals surface area contributed by atoms with Gasteiger partial charge in [0.1, 0.15) is 5.75 Å². The highest BCUT2D eigenvalue weighted by atomic mass is 16.5. The fraction of sp³-hybridized carbons (Fsp3) is 0.636. The third-order valence-corrected chi connectivity index (χ3v) is 6.93.